The molecule has 0 N–H and O–H groups in total. The zero-order valence-corrected chi connectivity index (χ0v) is 9.40. The Hall–Kier alpha value is 0. The molecule has 0 amide bonds. The van der Waals surface area contributed by atoms with Crippen LogP contribution in [0.25, 0.3) is 0 Å². The first kappa shape index (κ1) is 12.0. The molecule has 74 valence electrons. The minimum atomic E-state index is 0.954. The van der Waals surface area contributed by atoms with Gasteiger partial charge in [-0.25, -0.2) is 0 Å². The van der Waals surface area contributed by atoms with Crippen molar-refractivity contribution in [2.24, 2.45) is 11.8 Å². The Bertz CT molecular complexity index is 82.0. The van der Waals surface area contributed by atoms with E-state index in [4.69, 9.17) is 0 Å². The minimum absolute atomic E-state index is 0.954. The van der Waals surface area contributed by atoms with Gasteiger partial charge in [0.05, 0.1) is 0 Å². The van der Waals surface area contributed by atoms with Crippen LogP contribution in [0.5, 0.6) is 0 Å². The molecule has 0 aromatic carbocycles. The van der Waals surface area contributed by atoms with E-state index in [1.807, 2.05) is 0 Å². The molecule has 0 aliphatic heterocycles. The largest absolute Gasteiger partial charge is 0.0654 e. The van der Waals surface area contributed by atoms with Crippen molar-refractivity contribution >= 4 is 0 Å². The first-order valence-corrected chi connectivity index (χ1v) is 5.74. The molecule has 1 unspecified atom stereocenters. The molecular weight excluding hydrogens is 144 g/mol. The highest BCUT2D eigenvalue weighted by Gasteiger charge is 2.08. The third-order valence-electron chi connectivity index (χ3n) is 2.94. The highest BCUT2D eigenvalue weighted by atomic mass is 14.1. The monoisotopic (exact) mass is 170 g/mol. The summed E-state index contributed by atoms with van der Waals surface area (Å²) in [5.74, 6) is 1.94. The number of unbranched alkanes of at least 4 members (excludes halogenated alkanes) is 1. The van der Waals surface area contributed by atoms with Gasteiger partial charge in [0.15, 0.2) is 0 Å². The Morgan fingerprint density at radius 3 is 2.00 bits per heavy atom. The van der Waals surface area contributed by atoms with E-state index in [1.165, 1.54) is 38.5 Å². The van der Waals surface area contributed by atoms with Gasteiger partial charge in [0, 0.05) is 0 Å². The van der Waals surface area contributed by atoms with Crippen LogP contribution in [0.15, 0.2) is 0 Å². The molecule has 0 radical (unpaired) electrons. The van der Waals surface area contributed by atoms with Crippen molar-refractivity contribution in [1.82, 2.24) is 0 Å². The molecule has 0 aromatic rings. The van der Waals surface area contributed by atoms with Crippen LogP contribution in [-0.4, -0.2) is 0 Å². The van der Waals surface area contributed by atoms with Crippen LogP contribution in [0.4, 0.5) is 0 Å². The normalized spacial score (nSPS) is 13.8. The van der Waals surface area contributed by atoms with E-state index in [2.05, 4.69) is 27.7 Å². The molecule has 0 heteroatoms. The van der Waals surface area contributed by atoms with Gasteiger partial charge in [0.2, 0.25) is 0 Å². The first-order valence-electron chi connectivity index (χ1n) is 5.74. The van der Waals surface area contributed by atoms with Crippen LogP contribution in [-0.2, 0) is 0 Å². The highest BCUT2D eigenvalue weighted by molar-refractivity contribution is 4.60. The van der Waals surface area contributed by atoms with E-state index in [0.29, 0.717) is 0 Å². The van der Waals surface area contributed by atoms with Gasteiger partial charge in [0.1, 0.15) is 0 Å². The summed E-state index contributed by atoms with van der Waals surface area (Å²) in [4.78, 5) is 0. The van der Waals surface area contributed by atoms with Crippen LogP contribution < -0.4 is 0 Å². The summed E-state index contributed by atoms with van der Waals surface area (Å²) >= 11 is 0. The van der Waals surface area contributed by atoms with Crippen molar-refractivity contribution in [1.29, 1.82) is 0 Å². The second kappa shape index (κ2) is 7.64. The molecule has 0 heterocycles. The van der Waals surface area contributed by atoms with E-state index >= 15 is 0 Å². The van der Waals surface area contributed by atoms with Crippen molar-refractivity contribution < 1.29 is 0 Å². The lowest BCUT2D eigenvalue weighted by Gasteiger charge is -2.17. The predicted octanol–water partition coefficient (Wildman–Crippen LogP) is 4.64. The number of hydrogen-bond donors (Lipinski definition) is 0. The maximum atomic E-state index is 2.41. The van der Waals surface area contributed by atoms with Crippen molar-refractivity contribution in [3.05, 3.63) is 0 Å². The zero-order valence-electron chi connectivity index (χ0n) is 9.40. The number of rotatable bonds is 7. The molecule has 0 spiro atoms. The third-order valence-corrected chi connectivity index (χ3v) is 2.94. The first-order chi connectivity index (χ1) is 5.74. The molecule has 0 fully saturated rings. The van der Waals surface area contributed by atoms with Crippen LogP contribution >= 0.6 is 0 Å². The lowest BCUT2D eigenvalue weighted by molar-refractivity contribution is 0.350. The van der Waals surface area contributed by atoms with Crippen molar-refractivity contribution in [2.45, 2.75) is 66.2 Å². The smallest absolute Gasteiger partial charge is 0.0417 e. The minimum Gasteiger partial charge on any atom is -0.0654 e. The van der Waals surface area contributed by atoms with Gasteiger partial charge in [-0.1, -0.05) is 59.8 Å². The molecular formula is C12H26. The summed E-state index contributed by atoms with van der Waals surface area (Å²) in [5.41, 5.74) is 0. The van der Waals surface area contributed by atoms with Crippen LogP contribution in [0.1, 0.15) is 66.2 Å². The van der Waals surface area contributed by atoms with Gasteiger partial charge in [-0.15, -0.1) is 0 Å². The average molecular weight is 170 g/mol. The Morgan fingerprint density at radius 2 is 1.58 bits per heavy atom. The van der Waals surface area contributed by atoms with Crippen molar-refractivity contribution in [3.63, 3.8) is 0 Å². The number of hydrogen-bond acceptors (Lipinski definition) is 0. The Kier molecular flexibility index (Phi) is 7.64. The van der Waals surface area contributed by atoms with Gasteiger partial charge >= 0.3 is 0 Å². The summed E-state index contributed by atoms with van der Waals surface area (Å²) < 4.78 is 0. The summed E-state index contributed by atoms with van der Waals surface area (Å²) in [6, 6.07) is 0. The average Bonchev–Trinajstić information content (AvgIpc) is 2.10. The molecule has 0 saturated heterocycles. The Balaban J connectivity index is 3.44. The van der Waals surface area contributed by atoms with Crippen molar-refractivity contribution in [2.75, 3.05) is 0 Å². The van der Waals surface area contributed by atoms with E-state index in [9.17, 15) is 0 Å². The van der Waals surface area contributed by atoms with Crippen molar-refractivity contribution in [3.8, 4) is 0 Å². The molecule has 1 atom stereocenters. The maximum Gasteiger partial charge on any atom is -0.0417 e. The van der Waals surface area contributed by atoms with Gasteiger partial charge < -0.3 is 0 Å². The molecule has 12 heavy (non-hydrogen) atoms. The topological polar surface area (TPSA) is 0 Å². The fraction of sp³-hybridized carbons (Fsp3) is 1.00. The predicted molar refractivity (Wildman–Crippen MR) is 57.4 cm³/mol. The molecule has 0 aliphatic rings. The summed E-state index contributed by atoms with van der Waals surface area (Å²) in [7, 11) is 0. The van der Waals surface area contributed by atoms with E-state index in [1.54, 1.807) is 0 Å². The fourth-order valence-corrected chi connectivity index (χ4v) is 1.86. The lowest BCUT2D eigenvalue weighted by Crippen LogP contribution is -2.04. The Labute approximate surface area is 78.8 Å². The molecule has 0 saturated carbocycles. The van der Waals surface area contributed by atoms with Gasteiger partial charge in [-0.2, -0.15) is 0 Å². The maximum absolute atomic E-state index is 2.41. The zero-order chi connectivity index (χ0) is 9.40. The van der Waals surface area contributed by atoms with Crippen LogP contribution in [0.2, 0.25) is 0 Å². The van der Waals surface area contributed by atoms with Crippen LogP contribution in [0, 0.1) is 11.8 Å². The quantitative estimate of drug-likeness (QED) is 0.522. The Morgan fingerprint density at radius 1 is 1.00 bits per heavy atom. The SMILES string of the molecule is CCCCC(C)CC(CC)CC. The summed E-state index contributed by atoms with van der Waals surface area (Å²) in [6.07, 6.45) is 8.40. The molecule has 0 bridgehead atoms. The molecule has 0 aliphatic carbocycles. The van der Waals surface area contributed by atoms with Crippen LogP contribution in [0.3, 0.4) is 0 Å². The molecule has 0 rings (SSSR count). The lowest BCUT2D eigenvalue weighted by atomic mass is 9.89. The molecule has 0 nitrogen and oxygen atoms in total. The summed E-state index contributed by atoms with van der Waals surface area (Å²) in [6.45, 7) is 9.33. The third kappa shape index (κ3) is 5.62. The second-order valence-corrected chi connectivity index (χ2v) is 4.17. The van der Waals surface area contributed by atoms with Gasteiger partial charge in [-0.05, 0) is 18.3 Å². The molecule has 0 aromatic heterocycles. The fourth-order valence-electron chi connectivity index (χ4n) is 1.86. The van der Waals surface area contributed by atoms with E-state index in [0.717, 1.165) is 11.8 Å². The van der Waals surface area contributed by atoms with Gasteiger partial charge in [0.25, 0.3) is 0 Å². The highest BCUT2D eigenvalue weighted by Crippen LogP contribution is 2.22. The standard InChI is InChI=1S/C12H26/c1-5-8-9-11(4)10-12(6-2)7-3/h11-12H,5-10H2,1-4H3. The van der Waals surface area contributed by atoms with Gasteiger partial charge in [-0.3, -0.25) is 0 Å². The van der Waals surface area contributed by atoms with E-state index < -0.39 is 0 Å². The second-order valence-electron chi connectivity index (χ2n) is 4.17. The summed E-state index contributed by atoms with van der Waals surface area (Å²) in [5, 5.41) is 0. The van der Waals surface area contributed by atoms with E-state index in [-0.39, 0.29) is 0 Å².